The summed E-state index contributed by atoms with van der Waals surface area (Å²) in [6, 6.07) is 63.6. The molecule has 2 heteroatoms. The molecule has 0 spiro atoms. The lowest BCUT2D eigenvalue weighted by Crippen LogP contribution is -2.16. The van der Waals surface area contributed by atoms with Crippen LogP contribution in [-0.4, -0.2) is 0 Å². The van der Waals surface area contributed by atoms with Crippen molar-refractivity contribution >= 4 is 49.8 Å². The van der Waals surface area contributed by atoms with E-state index in [9.17, 15) is 0 Å². The molecule has 0 unspecified atom stereocenters. The van der Waals surface area contributed by atoms with Crippen molar-refractivity contribution in [2.45, 2.75) is 19.3 Å². The molecule has 1 aliphatic rings. The molecule has 10 rings (SSSR count). The standard InChI is InChI=1S/C49H35NO/c1-49(2)44-16-8-6-13-38(44)39-28-27-37(31-45(39)49)50(36-25-23-35(24-26-36)34-21-19-33(20-22-34)32-11-4-3-5-12-32)46-17-10-15-42-40(46)29-30-43-41-14-7-9-18-47(41)51-48(42)43/h3-31H,1-2H3. The van der Waals surface area contributed by atoms with Crippen LogP contribution in [0.2, 0.25) is 0 Å². The third-order valence-electron chi connectivity index (χ3n) is 10.9. The summed E-state index contributed by atoms with van der Waals surface area (Å²) in [7, 11) is 0. The molecule has 1 aromatic heterocycles. The fourth-order valence-corrected chi connectivity index (χ4v) is 8.27. The SMILES string of the molecule is CC1(C)c2ccccc2-c2ccc(N(c3ccc(-c4ccc(-c5ccccc5)cc4)cc3)c3cccc4c3ccc3c5ccccc5oc43)cc21. The van der Waals surface area contributed by atoms with Crippen LogP contribution in [0.15, 0.2) is 180 Å². The highest BCUT2D eigenvalue weighted by atomic mass is 16.3. The minimum absolute atomic E-state index is 0.109. The van der Waals surface area contributed by atoms with Crippen molar-refractivity contribution in [2.75, 3.05) is 4.90 Å². The van der Waals surface area contributed by atoms with Gasteiger partial charge in [-0.3, -0.25) is 0 Å². The third kappa shape index (κ3) is 4.64. The van der Waals surface area contributed by atoms with E-state index in [-0.39, 0.29) is 5.41 Å². The molecule has 0 bridgehead atoms. The van der Waals surface area contributed by atoms with Crippen LogP contribution in [0.25, 0.3) is 66.1 Å². The quantitative estimate of drug-likeness (QED) is 0.184. The van der Waals surface area contributed by atoms with Gasteiger partial charge in [-0.1, -0.05) is 147 Å². The molecule has 1 aliphatic carbocycles. The molecule has 51 heavy (non-hydrogen) atoms. The summed E-state index contributed by atoms with van der Waals surface area (Å²) in [6.45, 7) is 4.69. The summed E-state index contributed by atoms with van der Waals surface area (Å²) in [5.41, 5.74) is 15.3. The molecule has 0 radical (unpaired) electrons. The van der Waals surface area contributed by atoms with E-state index in [0.29, 0.717) is 0 Å². The van der Waals surface area contributed by atoms with Gasteiger partial charge in [0.2, 0.25) is 0 Å². The minimum Gasteiger partial charge on any atom is -0.455 e. The Morgan fingerprint density at radius 3 is 1.76 bits per heavy atom. The molecule has 2 nitrogen and oxygen atoms in total. The molecule has 0 atom stereocenters. The first-order valence-corrected chi connectivity index (χ1v) is 17.7. The summed E-state index contributed by atoms with van der Waals surface area (Å²) < 4.78 is 6.52. The Morgan fingerprint density at radius 1 is 0.412 bits per heavy atom. The highest BCUT2D eigenvalue weighted by Crippen LogP contribution is 2.51. The van der Waals surface area contributed by atoms with Gasteiger partial charge in [-0.25, -0.2) is 0 Å². The fourth-order valence-electron chi connectivity index (χ4n) is 8.27. The van der Waals surface area contributed by atoms with Gasteiger partial charge in [0, 0.05) is 38.3 Å². The number of hydrogen-bond acceptors (Lipinski definition) is 2. The number of nitrogens with zero attached hydrogens (tertiary/aromatic N) is 1. The number of hydrogen-bond donors (Lipinski definition) is 0. The van der Waals surface area contributed by atoms with Crippen molar-refractivity contribution in [1.29, 1.82) is 0 Å². The molecular weight excluding hydrogens is 619 g/mol. The summed E-state index contributed by atoms with van der Waals surface area (Å²) >= 11 is 0. The van der Waals surface area contributed by atoms with E-state index in [1.807, 2.05) is 6.07 Å². The minimum atomic E-state index is -0.109. The van der Waals surface area contributed by atoms with E-state index in [0.717, 1.165) is 49.8 Å². The smallest absolute Gasteiger partial charge is 0.143 e. The number of rotatable bonds is 5. The highest BCUT2D eigenvalue weighted by molar-refractivity contribution is 6.17. The summed E-state index contributed by atoms with van der Waals surface area (Å²) in [5, 5.41) is 4.54. The Morgan fingerprint density at radius 2 is 0.980 bits per heavy atom. The van der Waals surface area contributed by atoms with E-state index < -0.39 is 0 Å². The fraction of sp³-hybridized carbons (Fsp3) is 0.0612. The van der Waals surface area contributed by atoms with Crippen molar-refractivity contribution in [3.05, 3.63) is 187 Å². The average molecular weight is 654 g/mol. The van der Waals surface area contributed by atoms with Crippen LogP contribution < -0.4 is 4.90 Å². The van der Waals surface area contributed by atoms with E-state index in [4.69, 9.17) is 4.42 Å². The van der Waals surface area contributed by atoms with Crippen LogP contribution >= 0.6 is 0 Å². The number of furan rings is 1. The van der Waals surface area contributed by atoms with Crippen molar-refractivity contribution in [2.24, 2.45) is 0 Å². The zero-order valence-corrected chi connectivity index (χ0v) is 28.6. The van der Waals surface area contributed by atoms with Gasteiger partial charge in [0.1, 0.15) is 11.2 Å². The van der Waals surface area contributed by atoms with Crippen LogP contribution in [0.1, 0.15) is 25.0 Å². The molecule has 0 aliphatic heterocycles. The topological polar surface area (TPSA) is 16.4 Å². The van der Waals surface area contributed by atoms with Gasteiger partial charge in [0.15, 0.2) is 0 Å². The number of para-hydroxylation sites is 1. The van der Waals surface area contributed by atoms with Gasteiger partial charge in [-0.2, -0.15) is 0 Å². The Balaban J connectivity index is 1.13. The monoisotopic (exact) mass is 653 g/mol. The van der Waals surface area contributed by atoms with Crippen molar-refractivity contribution < 1.29 is 4.42 Å². The highest BCUT2D eigenvalue weighted by Gasteiger charge is 2.35. The van der Waals surface area contributed by atoms with Gasteiger partial charge in [0.05, 0.1) is 5.69 Å². The maximum atomic E-state index is 6.52. The Kier molecular flexibility index (Phi) is 6.56. The predicted molar refractivity (Wildman–Crippen MR) is 214 cm³/mol. The lowest BCUT2D eigenvalue weighted by molar-refractivity contribution is 0.660. The summed E-state index contributed by atoms with van der Waals surface area (Å²) in [5.74, 6) is 0. The zero-order chi connectivity index (χ0) is 34.1. The van der Waals surface area contributed by atoms with Crippen LogP contribution in [0.4, 0.5) is 17.1 Å². The largest absolute Gasteiger partial charge is 0.455 e. The third-order valence-corrected chi connectivity index (χ3v) is 10.9. The molecule has 242 valence electrons. The molecule has 9 aromatic rings. The number of fused-ring (bicyclic) bond motifs is 8. The van der Waals surface area contributed by atoms with Gasteiger partial charge in [-0.05, 0) is 87.0 Å². The lowest BCUT2D eigenvalue weighted by Gasteiger charge is -2.29. The van der Waals surface area contributed by atoms with Crippen molar-refractivity contribution in [3.63, 3.8) is 0 Å². The van der Waals surface area contributed by atoms with Crippen LogP contribution in [0.3, 0.4) is 0 Å². The van der Waals surface area contributed by atoms with Crippen LogP contribution in [0.5, 0.6) is 0 Å². The van der Waals surface area contributed by atoms with E-state index in [1.165, 1.54) is 44.5 Å². The Bertz CT molecular complexity index is 2750. The molecule has 0 amide bonds. The normalized spacial score (nSPS) is 13.1. The number of benzene rings is 8. The first-order chi connectivity index (χ1) is 25.0. The Hall–Kier alpha value is -6.38. The maximum absolute atomic E-state index is 6.52. The Labute approximate surface area is 297 Å². The van der Waals surface area contributed by atoms with Gasteiger partial charge in [0.25, 0.3) is 0 Å². The molecule has 1 heterocycles. The molecule has 0 saturated carbocycles. The van der Waals surface area contributed by atoms with E-state index in [1.54, 1.807) is 0 Å². The second-order valence-electron chi connectivity index (χ2n) is 14.1. The first kappa shape index (κ1) is 29.5. The maximum Gasteiger partial charge on any atom is 0.143 e. The van der Waals surface area contributed by atoms with Crippen LogP contribution in [-0.2, 0) is 5.41 Å². The predicted octanol–water partition coefficient (Wildman–Crippen LogP) is 13.8. The molecule has 0 saturated heterocycles. The van der Waals surface area contributed by atoms with Crippen molar-refractivity contribution in [3.8, 4) is 33.4 Å². The van der Waals surface area contributed by atoms with Gasteiger partial charge < -0.3 is 9.32 Å². The number of anilines is 3. The molecular formula is C49H35NO. The lowest BCUT2D eigenvalue weighted by atomic mass is 9.82. The summed E-state index contributed by atoms with van der Waals surface area (Å²) in [6.07, 6.45) is 0. The summed E-state index contributed by atoms with van der Waals surface area (Å²) in [4.78, 5) is 2.42. The van der Waals surface area contributed by atoms with Crippen LogP contribution in [0, 0.1) is 0 Å². The zero-order valence-electron chi connectivity index (χ0n) is 28.6. The molecule has 0 fully saturated rings. The van der Waals surface area contributed by atoms with Gasteiger partial charge >= 0.3 is 0 Å². The second-order valence-corrected chi connectivity index (χ2v) is 14.1. The first-order valence-electron chi connectivity index (χ1n) is 17.7. The van der Waals surface area contributed by atoms with Gasteiger partial charge in [-0.15, -0.1) is 0 Å². The average Bonchev–Trinajstić information content (AvgIpc) is 3.68. The second kappa shape index (κ2) is 11.3. The van der Waals surface area contributed by atoms with Crippen molar-refractivity contribution in [1.82, 2.24) is 0 Å². The van der Waals surface area contributed by atoms with E-state index in [2.05, 4.69) is 189 Å². The molecule has 8 aromatic carbocycles. The van der Waals surface area contributed by atoms with E-state index >= 15 is 0 Å². The molecule has 0 N–H and O–H groups in total.